The maximum Gasteiger partial charge on any atom is 0.0292 e. The molecule has 18 heavy (non-hydrogen) atoms. The average molecular weight is 288 g/mol. The van der Waals surface area contributed by atoms with E-state index in [0.717, 1.165) is 17.2 Å². The smallest absolute Gasteiger partial charge is 0.0292 e. The van der Waals surface area contributed by atoms with Crippen molar-refractivity contribution in [3.8, 4) is 0 Å². The summed E-state index contributed by atoms with van der Waals surface area (Å²) in [6, 6.07) is 0.781. The van der Waals surface area contributed by atoms with Crippen molar-refractivity contribution in [3.63, 3.8) is 0 Å². The third-order valence-electron chi connectivity index (χ3n) is 4.31. The molecule has 106 valence electrons. The number of hydrogen-bond acceptors (Lipinski definition) is 3. The Hall–Kier alpha value is 0.660. The van der Waals surface area contributed by atoms with Gasteiger partial charge in [0.2, 0.25) is 0 Å². The van der Waals surface area contributed by atoms with Crippen LogP contribution in [0.2, 0.25) is 0 Å². The van der Waals surface area contributed by atoms with Crippen LogP contribution in [-0.2, 0) is 0 Å². The van der Waals surface area contributed by atoms with Crippen LogP contribution in [0.25, 0.3) is 0 Å². The van der Waals surface area contributed by atoms with Gasteiger partial charge in [-0.2, -0.15) is 23.5 Å². The highest BCUT2D eigenvalue weighted by Crippen LogP contribution is 2.32. The molecule has 2 aliphatic rings. The monoisotopic (exact) mass is 287 g/mol. The van der Waals surface area contributed by atoms with Gasteiger partial charge >= 0.3 is 0 Å². The summed E-state index contributed by atoms with van der Waals surface area (Å²) in [5.74, 6) is 5.15. The number of nitrogens with one attached hydrogen (secondary N) is 1. The molecule has 3 heteroatoms. The van der Waals surface area contributed by atoms with Gasteiger partial charge in [-0.25, -0.2) is 0 Å². The molecule has 1 nitrogen and oxygen atoms in total. The number of rotatable bonds is 7. The summed E-state index contributed by atoms with van der Waals surface area (Å²) in [7, 11) is 0. The first-order chi connectivity index (χ1) is 8.90. The second-order valence-corrected chi connectivity index (χ2v) is 8.27. The van der Waals surface area contributed by atoms with E-state index >= 15 is 0 Å². The molecule has 0 aromatic carbocycles. The molecular weight excluding hydrogens is 258 g/mol. The first-order valence-electron chi connectivity index (χ1n) is 7.83. The van der Waals surface area contributed by atoms with Crippen LogP contribution in [-0.4, -0.2) is 35.1 Å². The summed E-state index contributed by atoms with van der Waals surface area (Å²) >= 11 is 4.38. The molecular formula is C15H29NS2. The Morgan fingerprint density at radius 1 is 1.22 bits per heavy atom. The molecule has 0 aromatic heterocycles. The van der Waals surface area contributed by atoms with E-state index in [1.54, 1.807) is 0 Å². The molecule has 0 radical (unpaired) electrons. The predicted molar refractivity (Wildman–Crippen MR) is 86.8 cm³/mol. The van der Waals surface area contributed by atoms with Gasteiger partial charge in [0, 0.05) is 28.6 Å². The molecule has 0 amide bonds. The highest BCUT2D eigenvalue weighted by molar-refractivity contribution is 8.06. The Labute approximate surface area is 122 Å². The van der Waals surface area contributed by atoms with E-state index in [2.05, 4.69) is 35.8 Å². The van der Waals surface area contributed by atoms with Crippen LogP contribution in [0, 0.1) is 5.92 Å². The first-order valence-corrected chi connectivity index (χ1v) is 10.0. The molecule has 0 aromatic rings. The Morgan fingerprint density at radius 2 is 2.06 bits per heavy atom. The van der Waals surface area contributed by atoms with E-state index in [1.165, 1.54) is 68.7 Å². The summed E-state index contributed by atoms with van der Waals surface area (Å²) in [4.78, 5) is 0. The van der Waals surface area contributed by atoms with E-state index in [9.17, 15) is 0 Å². The minimum atomic E-state index is 0.781. The van der Waals surface area contributed by atoms with Crippen molar-refractivity contribution in [2.24, 2.45) is 5.92 Å². The van der Waals surface area contributed by atoms with Crippen molar-refractivity contribution in [2.45, 2.75) is 63.2 Å². The molecule has 1 heterocycles. The highest BCUT2D eigenvalue weighted by Gasteiger charge is 2.25. The van der Waals surface area contributed by atoms with E-state index in [1.807, 2.05) is 0 Å². The molecule has 2 unspecified atom stereocenters. The van der Waals surface area contributed by atoms with E-state index < -0.39 is 0 Å². The van der Waals surface area contributed by atoms with Crippen molar-refractivity contribution >= 4 is 23.5 Å². The van der Waals surface area contributed by atoms with Crippen molar-refractivity contribution < 1.29 is 0 Å². The molecule has 2 fully saturated rings. The maximum absolute atomic E-state index is 3.83. The van der Waals surface area contributed by atoms with Gasteiger partial charge < -0.3 is 5.32 Å². The standard InChI is InChI=1S/C15H29NS2/c1-2-9-16-14(15-12-17-10-11-18-15)8-7-13-5-3-4-6-13/h13-16H,2-12H2,1H3. The van der Waals surface area contributed by atoms with E-state index in [-0.39, 0.29) is 0 Å². The normalized spacial score (nSPS) is 27.5. The third kappa shape index (κ3) is 4.97. The largest absolute Gasteiger partial charge is 0.313 e. The molecule has 1 aliphatic carbocycles. The van der Waals surface area contributed by atoms with Crippen LogP contribution >= 0.6 is 23.5 Å². The molecule has 0 bridgehead atoms. The topological polar surface area (TPSA) is 12.0 Å². The summed E-state index contributed by atoms with van der Waals surface area (Å²) in [6.45, 7) is 3.49. The lowest BCUT2D eigenvalue weighted by Crippen LogP contribution is -2.41. The van der Waals surface area contributed by atoms with Crippen molar-refractivity contribution in [1.29, 1.82) is 0 Å². The summed E-state index contributed by atoms with van der Waals surface area (Å²) in [5.41, 5.74) is 0. The fourth-order valence-electron chi connectivity index (χ4n) is 3.20. The number of thioether (sulfide) groups is 2. The molecule has 2 rings (SSSR count). The molecule has 1 saturated heterocycles. The van der Waals surface area contributed by atoms with E-state index in [0.29, 0.717) is 0 Å². The van der Waals surface area contributed by atoms with Crippen LogP contribution < -0.4 is 5.32 Å². The second-order valence-electron chi connectivity index (χ2n) is 5.77. The van der Waals surface area contributed by atoms with Crippen LogP contribution in [0.3, 0.4) is 0 Å². The fourth-order valence-corrected chi connectivity index (χ4v) is 6.13. The Kier molecular flexibility index (Phi) is 7.32. The van der Waals surface area contributed by atoms with Crippen LogP contribution in [0.15, 0.2) is 0 Å². The quantitative estimate of drug-likeness (QED) is 0.754. The van der Waals surface area contributed by atoms with Gasteiger partial charge in [0.15, 0.2) is 0 Å². The number of hydrogen-bond donors (Lipinski definition) is 1. The van der Waals surface area contributed by atoms with Crippen LogP contribution in [0.4, 0.5) is 0 Å². The summed E-state index contributed by atoms with van der Waals surface area (Å²) in [6.07, 6.45) is 10.2. The maximum atomic E-state index is 3.83. The summed E-state index contributed by atoms with van der Waals surface area (Å²) in [5, 5.41) is 4.70. The zero-order valence-electron chi connectivity index (χ0n) is 11.8. The van der Waals surface area contributed by atoms with Gasteiger partial charge in [-0.1, -0.05) is 32.6 Å². The molecule has 0 spiro atoms. The second kappa shape index (κ2) is 8.76. The van der Waals surface area contributed by atoms with Crippen LogP contribution in [0.1, 0.15) is 51.9 Å². The SMILES string of the molecule is CCCNC(CCC1CCCC1)C1CSCCS1. The molecule has 1 saturated carbocycles. The lowest BCUT2D eigenvalue weighted by Gasteiger charge is -2.31. The minimum absolute atomic E-state index is 0.781. The zero-order chi connectivity index (χ0) is 12.6. The zero-order valence-corrected chi connectivity index (χ0v) is 13.5. The minimum Gasteiger partial charge on any atom is -0.313 e. The Balaban J connectivity index is 1.75. The van der Waals surface area contributed by atoms with Crippen molar-refractivity contribution in [1.82, 2.24) is 5.32 Å². The highest BCUT2D eigenvalue weighted by atomic mass is 32.2. The third-order valence-corrected chi connectivity index (χ3v) is 7.23. The molecule has 2 atom stereocenters. The lowest BCUT2D eigenvalue weighted by atomic mass is 9.97. The molecule has 1 N–H and O–H groups in total. The summed E-state index contributed by atoms with van der Waals surface area (Å²) < 4.78 is 0. The van der Waals surface area contributed by atoms with Gasteiger partial charge in [-0.05, 0) is 31.7 Å². The van der Waals surface area contributed by atoms with Gasteiger partial charge in [0.25, 0.3) is 0 Å². The van der Waals surface area contributed by atoms with Crippen LogP contribution in [0.5, 0.6) is 0 Å². The van der Waals surface area contributed by atoms with Gasteiger partial charge in [0.1, 0.15) is 0 Å². The van der Waals surface area contributed by atoms with Gasteiger partial charge in [-0.15, -0.1) is 0 Å². The first kappa shape index (κ1) is 15.1. The van der Waals surface area contributed by atoms with Crippen molar-refractivity contribution in [2.75, 3.05) is 23.8 Å². The lowest BCUT2D eigenvalue weighted by molar-refractivity contribution is 0.403. The predicted octanol–water partition coefficient (Wildman–Crippen LogP) is 4.17. The fraction of sp³-hybridized carbons (Fsp3) is 1.00. The average Bonchev–Trinajstić information content (AvgIpc) is 2.93. The van der Waals surface area contributed by atoms with Crippen molar-refractivity contribution in [3.05, 3.63) is 0 Å². The van der Waals surface area contributed by atoms with Gasteiger partial charge in [0.05, 0.1) is 0 Å². The molecule has 1 aliphatic heterocycles. The van der Waals surface area contributed by atoms with Gasteiger partial charge in [-0.3, -0.25) is 0 Å². The van der Waals surface area contributed by atoms with E-state index in [4.69, 9.17) is 0 Å². The Morgan fingerprint density at radius 3 is 2.72 bits per heavy atom. The Bertz CT molecular complexity index is 211.